The van der Waals surface area contributed by atoms with Crippen LogP contribution in [0.2, 0.25) is 0 Å². The number of hydrazine groups is 1. The summed E-state index contributed by atoms with van der Waals surface area (Å²) >= 11 is 0. The Hall–Kier alpha value is -3.61. The zero-order valence-corrected chi connectivity index (χ0v) is 14.2. The first kappa shape index (κ1) is 17.2. The number of methoxy groups -OCH3 is 1. The first-order valence-corrected chi connectivity index (χ1v) is 7.98. The van der Waals surface area contributed by atoms with Gasteiger partial charge in [0.1, 0.15) is 5.75 Å². The van der Waals surface area contributed by atoms with Crippen molar-refractivity contribution in [1.29, 1.82) is 0 Å². The summed E-state index contributed by atoms with van der Waals surface area (Å²) in [6.45, 7) is 0. The van der Waals surface area contributed by atoms with E-state index in [1.807, 2.05) is 30.3 Å². The van der Waals surface area contributed by atoms with Crippen LogP contribution in [0.4, 0.5) is 0 Å². The van der Waals surface area contributed by atoms with Crippen LogP contribution in [0.25, 0.3) is 5.69 Å². The molecule has 2 aromatic carbocycles. The molecule has 7 heteroatoms. The Labute approximate surface area is 150 Å². The molecule has 0 spiro atoms. The zero-order chi connectivity index (χ0) is 18.4. The quantitative estimate of drug-likeness (QED) is 0.688. The third-order valence-electron chi connectivity index (χ3n) is 3.69. The fraction of sp³-hybridized carbons (Fsp3) is 0.105. The highest BCUT2D eigenvalue weighted by atomic mass is 16.5. The highest BCUT2D eigenvalue weighted by Gasteiger charge is 2.09. The van der Waals surface area contributed by atoms with Crippen LogP contribution in [-0.4, -0.2) is 28.7 Å². The second-order valence-electron chi connectivity index (χ2n) is 5.54. The third-order valence-corrected chi connectivity index (χ3v) is 3.69. The number of rotatable bonds is 5. The molecular weight excluding hydrogens is 332 g/mol. The van der Waals surface area contributed by atoms with Gasteiger partial charge in [0.2, 0.25) is 5.91 Å². The summed E-state index contributed by atoms with van der Waals surface area (Å²) in [6, 6.07) is 16.2. The van der Waals surface area contributed by atoms with Gasteiger partial charge in [-0.25, -0.2) is 4.68 Å². The minimum atomic E-state index is -0.402. The van der Waals surface area contributed by atoms with Crippen LogP contribution >= 0.6 is 0 Å². The number of carbonyl (C=O) groups is 2. The minimum absolute atomic E-state index is 0.107. The Bertz CT molecular complexity index is 889. The molecule has 1 heterocycles. The number of nitrogens with zero attached hydrogens (tertiary/aromatic N) is 2. The number of ether oxygens (including phenoxy) is 1. The van der Waals surface area contributed by atoms with E-state index in [0.29, 0.717) is 11.3 Å². The predicted molar refractivity (Wildman–Crippen MR) is 95.9 cm³/mol. The molecule has 0 saturated heterocycles. The van der Waals surface area contributed by atoms with E-state index in [4.69, 9.17) is 4.74 Å². The fourth-order valence-electron chi connectivity index (χ4n) is 2.34. The van der Waals surface area contributed by atoms with E-state index in [1.165, 1.54) is 0 Å². The van der Waals surface area contributed by atoms with Crippen LogP contribution in [0.15, 0.2) is 67.0 Å². The fourth-order valence-corrected chi connectivity index (χ4v) is 2.34. The standard InChI is InChI=1S/C19H18N4O3/c1-26-17-9-7-15(8-10-17)19(25)22-21-18(24)11-14-12-20-23(13-14)16-5-3-2-4-6-16/h2-10,12-13H,11H2,1H3,(H,21,24)(H,22,25). The van der Waals surface area contributed by atoms with E-state index in [9.17, 15) is 9.59 Å². The summed E-state index contributed by atoms with van der Waals surface area (Å²) in [6.07, 6.45) is 3.51. The molecule has 0 aliphatic heterocycles. The number of aromatic nitrogens is 2. The first-order chi connectivity index (χ1) is 12.7. The first-order valence-electron chi connectivity index (χ1n) is 7.98. The molecule has 0 aliphatic carbocycles. The van der Waals surface area contributed by atoms with E-state index < -0.39 is 5.91 Å². The molecule has 7 nitrogen and oxygen atoms in total. The summed E-state index contributed by atoms with van der Waals surface area (Å²) in [4.78, 5) is 24.0. The molecule has 0 bridgehead atoms. The van der Waals surface area contributed by atoms with Crippen molar-refractivity contribution in [1.82, 2.24) is 20.6 Å². The number of para-hydroxylation sites is 1. The van der Waals surface area contributed by atoms with Crippen molar-refractivity contribution >= 4 is 11.8 Å². The largest absolute Gasteiger partial charge is 0.497 e. The van der Waals surface area contributed by atoms with E-state index in [0.717, 1.165) is 11.3 Å². The Kier molecular flexibility index (Phi) is 5.28. The summed E-state index contributed by atoms with van der Waals surface area (Å²) in [5, 5.41) is 4.24. The zero-order valence-electron chi connectivity index (χ0n) is 14.2. The highest BCUT2D eigenvalue weighted by molar-refractivity contribution is 5.95. The van der Waals surface area contributed by atoms with Gasteiger partial charge < -0.3 is 4.74 Å². The predicted octanol–water partition coefficient (Wildman–Crippen LogP) is 1.88. The SMILES string of the molecule is COc1ccc(C(=O)NNC(=O)Cc2cnn(-c3ccccc3)c2)cc1. The van der Waals surface area contributed by atoms with Gasteiger partial charge in [-0.3, -0.25) is 20.4 Å². The van der Waals surface area contributed by atoms with E-state index in [1.54, 1.807) is 48.5 Å². The lowest BCUT2D eigenvalue weighted by Gasteiger charge is -2.07. The maximum atomic E-state index is 12.0. The van der Waals surface area contributed by atoms with Crippen molar-refractivity contribution in [3.8, 4) is 11.4 Å². The summed E-state index contributed by atoms with van der Waals surface area (Å²) in [7, 11) is 1.55. The molecule has 0 atom stereocenters. The lowest BCUT2D eigenvalue weighted by molar-refractivity contribution is -0.121. The molecular formula is C19H18N4O3. The second kappa shape index (κ2) is 7.98. The van der Waals surface area contributed by atoms with Crippen molar-refractivity contribution in [3.05, 3.63) is 78.1 Å². The van der Waals surface area contributed by atoms with Gasteiger partial charge in [0.05, 0.1) is 25.4 Å². The average molecular weight is 350 g/mol. The number of carbonyl (C=O) groups excluding carboxylic acids is 2. The molecule has 132 valence electrons. The summed E-state index contributed by atoms with van der Waals surface area (Å²) < 4.78 is 6.73. The highest BCUT2D eigenvalue weighted by Crippen LogP contribution is 2.11. The van der Waals surface area contributed by atoms with Crippen molar-refractivity contribution in [2.45, 2.75) is 6.42 Å². The molecule has 0 aliphatic rings. The Morgan fingerprint density at radius 1 is 1.04 bits per heavy atom. The molecule has 3 aromatic rings. The molecule has 0 saturated carbocycles. The molecule has 1 aromatic heterocycles. The van der Waals surface area contributed by atoms with Crippen LogP contribution in [0.3, 0.4) is 0 Å². The third kappa shape index (κ3) is 4.27. The van der Waals surface area contributed by atoms with Gasteiger partial charge in [0.15, 0.2) is 0 Å². The second-order valence-corrected chi connectivity index (χ2v) is 5.54. The molecule has 2 amide bonds. The van der Waals surface area contributed by atoms with Crippen LogP contribution in [0, 0.1) is 0 Å². The lowest BCUT2D eigenvalue weighted by atomic mass is 10.2. The van der Waals surface area contributed by atoms with Crippen molar-refractivity contribution in [2.24, 2.45) is 0 Å². The molecule has 0 unspecified atom stereocenters. The summed E-state index contributed by atoms with van der Waals surface area (Å²) in [5.41, 5.74) is 6.86. The van der Waals surface area contributed by atoms with Gasteiger partial charge in [-0.1, -0.05) is 18.2 Å². The van der Waals surface area contributed by atoms with Gasteiger partial charge in [0.25, 0.3) is 5.91 Å². The van der Waals surface area contributed by atoms with Crippen molar-refractivity contribution in [2.75, 3.05) is 7.11 Å². The maximum Gasteiger partial charge on any atom is 0.269 e. The van der Waals surface area contributed by atoms with Crippen LogP contribution in [0.1, 0.15) is 15.9 Å². The number of nitrogens with one attached hydrogen (secondary N) is 2. The van der Waals surface area contributed by atoms with Crippen molar-refractivity contribution in [3.63, 3.8) is 0 Å². The number of amides is 2. The van der Waals surface area contributed by atoms with E-state index in [2.05, 4.69) is 16.0 Å². The minimum Gasteiger partial charge on any atom is -0.497 e. The van der Waals surface area contributed by atoms with E-state index >= 15 is 0 Å². The van der Waals surface area contributed by atoms with Crippen LogP contribution in [-0.2, 0) is 11.2 Å². The number of hydrogen-bond donors (Lipinski definition) is 2. The molecule has 0 radical (unpaired) electrons. The van der Waals surface area contributed by atoms with Crippen LogP contribution < -0.4 is 15.6 Å². The lowest BCUT2D eigenvalue weighted by Crippen LogP contribution is -2.42. The van der Waals surface area contributed by atoms with Gasteiger partial charge in [-0.05, 0) is 42.0 Å². The Morgan fingerprint density at radius 3 is 2.46 bits per heavy atom. The average Bonchev–Trinajstić information content (AvgIpc) is 3.15. The summed E-state index contributed by atoms with van der Waals surface area (Å²) in [5.74, 6) is -0.0820. The molecule has 3 rings (SSSR count). The van der Waals surface area contributed by atoms with Gasteiger partial charge in [0, 0.05) is 11.8 Å². The monoisotopic (exact) mass is 350 g/mol. The van der Waals surface area contributed by atoms with Crippen molar-refractivity contribution < 1.29 is 14.3 Å². The Balaban J connectivity index is 1.52. The topological polar surface area (TPSA) is 85.2 Å². The molecule has 0 fully saturated rings. The number of benzene rings is 2. The smallest absolute Gasteiger partial charge is 0.269 e. The van der Waals surface area contributed by atoms with Gasteiger partial charge >= 0.3 is 0 Å². The maximum absolute atomic E-state index is 12.0. The van der Waals surface area contributed by atoms with Gasteiger partial charge in [-0.2, -0.15) is 5.10 Å². The molecule has 2 N–H and O–H groups in total. The van der Waals surface area contributed by atoms with E-state index in [-0.39, 0.29) is 12.3 Å². The molecule has 26 heavy (non-hydrogen) atoms. The van der Waals surface area contributed by atoms with Crippen LogP contribution in [0.5, 0.6) is 5.75 Å². The Morgan fingerprint density at radius 2 is 1.77 bits per heavy atom. The van der Waals surface area contributed by atoms with Gasteiger partial charge in [-0.15, -0.1) is 0 Å². The normalized spacial score (nSPS) is 10.2. The number of hydrogen-bond acceptors (Lipinski definition) is 4.